The SMILES string of the molecule is C=C1CC(C)(C)Nc2ccc3c(c21)COc1cccc(-c2ccccc2OC(F)(F)Br)c1-3. The summed E-state index contributed by atoms with van der Waals surface area (Å²) in [5.74, 6) is 0.797. The summed E-state index contributed by atoms with van der Waals surface area (Å²) in [4.78, 5) is 0. The Bertz CT molecular complexity index is 1250. The molecule has 3 nitrogen and oxygen atoms in total. The third-order valence-corrected chi connectivity index (χ3v) is 6.03. The van der Waals surface area contributed by atoms with Gasteiger partial charge in [0.2, 0.25) is 0 Å². The Labute approximate surface area is 194 Å². The van der Waals surface area contributed by atoms with E-state index in [9.17, 15) is 8.78 Å². The smallest absolute Gasteiger partial charge is 0.459 e. The maximum atomic E-state index is 13.6. The average Bonchev–Trinajstić information content (AvgIpc) is 2.71. The highest BCUT2D eigenvalue weighted by atomic mass is 79.9. The fourth-order valence-corrected chi connectivity index (χ4v) is 4.95. The molecule has 3 aromatic rings. The van der Waals surface area contributed by atoms with Gasteiger partial charge in [-0.25, -0.2) is 0 Å². The number of halogens is 3. The molecule has 2 heterocycles. The molecule has 0 radical (unpaired) electrons. The van der Waals surface area contributed by atoms with E-state index in [-0.39, 0.29) is 11.3 Å². The third-order valence-electron chi connectivity index (χ3n) is 5.87. The van der Waals surface area contributed by atoms with Gasteiger partial charge in [0.05, 0.1) is 0 Å². The fraction of sp³-hybridized carbons (Fsp3) is 0.231. The van der Waals surface area contributed by atoms with Gasteiger partial charge in [0.1, 0.15) is 18.1 Å². The van der Waals surface area contributed by atoms with Crippen LogP contribution in [-0.2, 0) is 6.61 Å². The molecule has 0 aromatic heterocycles. The molecule has 3 aromatic carbocycles. The quantitative estimate of drug-likeness (QED) is 0.373. The minimum absolute atomic E-state index is 0.0753. The normalized spacial score (nSPS) is 16.2. The molecule has 0 saturated heterocycles. The van der Waals surface area contributed by atoms with Crippen LogP contribution in [0.2, 0.25) is 0 Å². The number of anilines is 1. The van der Waals surface area contributed by atoms with Crippen LogP contribution in [0.3, 0.4) is 0 Å². The van der Waals surface area contributed by atoms with Crippen LogP contribution in [0.1, 0.15) is 31.4 Å². The van der Waals surface area contributed by atoms with Gasteiger partial charge in [0.25, 0.3) is 0 Å². The van der Waals surface area contributed by atoms with Crippen LogP contribution in [0.25, 0.3) is 27.8 Å². The molecular formula is C26H22BrF2NO2. The first-order valence-corrected chi connectivity index (χ1v) is 11.2. The first-order chi connectivity index (χ1) is 15.1. The lowest BCUT2D eigenvalue weighted by molar-refractivity contribution is -0.0799. The molecule has 0 bridgehead atoms. The summed E-state index contributed by atoms with van der Waals surface area (Å²) >= 11 is 2.28. The molecule has 0 fully saturated rings. The maximum absolute atomic E-state index is 13.6. The van der Waals surface area contributed by atoms with E-state index in [1.807, 2.05) is 18.2 Å². The van der Waals surface area contributed by atoms with Crippen LogP contribution < -0.4 is 14.8 Å². The van der Waals surface area contributed by atoms with Crippen molar-refractivity contribution in [1.29, 1.82) is 0 Å². The van der Waals surface area contributed by atoms with E-state index < -0.39 is 5.02 Å². The van der Waals surface area contributed by atoms with Gasteiger partial charge in [-0.05, 0) is 55.2 Å². The Morgan fingerprint density at radius 2 is 1.75 bits per heavy atom. The highest BCUT2D eigenvalue weighted by Crippen LogP contribution is 2.50. The van der Waals surface area contributed by atoms with Gasteiger partial charge in [-0.1, -0.05) is 43.0 Å². The molecule has 2 aliphatic heterocycles. The predicted octanol–water partition coefficient (Wildman–Crippen LogP) is 7.84. The van der Waals surface area contributed by atoms with E-state index in [1.54, 1.807) is 18.2 Å². The number of rotatable bonds is 3. The van der Waals surface area contributed by atoms with E-state index in [2.05, 4.69) is 53.8 Å². The number of hydrogen-bond donors (Lipinski definition) is 1. The van der Waals surface area contributed by atoms with Gasteiger partial charge in [-0.2, -0.15) is 8.78 Å². The molecule has 164 valence electrons. The Morgan fingerprint density at radius 3 is 2.53 bits per heavy atom. The topological polar surface area (TPSA) is 30.5 Å². The van der Waals surface area contributed by atoms with E-state index in [1.165, 1.54) is 6.07 Å². The third kappa shape index (κ3) is 3.66. The Morgan fingerprint density at radius 1 is 1.00 bits per heavy atom. The number of para-hydroxylation sites is 1. The van der Waals surface area contributed by atoms with Crippen molar-refractivity contribution < 1.29 is 18.3 Å². The summed E-state index contributed by atoms with van der Waals surface area (Å²) in [6.45, 7) is 9.08. The van der Waals surface area contributed by atoms with Crippen molar-refractivity contribution in [2.45, 2.75) is 37.4 Å². The molecule has 0 aliphatic carbocycles. The van der Waals surface area contributed by atoms with E-state index in [4.69, 9.17) is 9.47 Å². The largest absolute Gasteiger partial charge is 0.488 e. The molecule has 1 N–H and O–H groups in total. The first-order valence-electron chi connectivity index (χ1n) is 10.4. The van der Waals surface area contributed by atoms with Crippen molar-refractivity contribution in [3.63, 3.8) is 0 Å². The highest BCUT2D eigenvalue weighted by Gasteiger charge is 2.33. The number of benzene rings is 3. The zero-order valence-corrected chi connectivity index (χ0v) is 19.4. The minimum atomic E-state index is -3.47. The van der Waals surface area contributed by atoms with Crippen molar-refractivity contribution in [2.75, 3.05) is 5.32 Å². The van der Waals surface area contributed by atoms with Gasteiger partial charge in [0, 0.05) is 49.4 Å². The second kappa shape index (κ2) is 7.34. The van der Waals surface area contributed by atoms with Crippen LogP contribution >= 0.6 is 15.9 Å². The summed E-state index contributed by atoms with van der Waals surface area (Å²) < 4.78 is 38.3. The molecule has 2 aliphatic rings. The molecule has 0 spiro atoms. The second-order valence-corrected chi connectivity index (χ2v) is 9.74. The van der Waals surface area contributed by atoms with E-state index in [0.29, 0.717) is 17.9 Å². The zero-order valence-electron chi connectivity index (χ0n) is 17.8. The minimum Gasteiger partial charge on any atom is -0.488 e. The maximum Gasteiger partial charge on any atom is 0.459 e. The lowest BCUT2D eigenvalue weighted by Gasteiger charge is -2.37. The summed E-state index contributed by atoms with van der Waals surface area (Å²) in [7, 11) is 0. The van der Waals surface area contributed by atoms with E-state index >= 15 is 0 Å². The second-order valence-electron chi connectivity index (χ2n) is 8.81. The van der Waals surface area contributed by atoms with Crippen molar-refractivity contribution >= 4 is 27.2 Å². The Kier molecular flexibility index (Phi) is 4.82. The van der Waals surface area contributed by atoms with Gasteiger partial charge >= 0.3 is 5.02 Å². The van der Waals surface area contributed by atoms with E-state index in [0.717, 1.165) is 45.5 Å². The molecule has 32 heavy (non-hydrogen) atoms. The molecule has 6 heteroatoms. The molecule has 5 rings (SSSR count). The standard InChI is InChI=1S/C26H22BrF2NO2/c1-15-13-25(2,3)30-20-12-11-18-19(23(15)20)14-31-22-10-6-8-17(24(18)22)16-7-4-5-9-21(16)32-26(27,28)29/h4-12,30H,1,13-14H2,2-3H3. The zero-order chi connectivity index (χ0) is 22.7. The number of hydrogen-bond acceptors (Lipinski definition) is 3. The summed E-state index contributed by atoms with van der Waals surface area (Å²) in [6, 6.07) is 16.6. The van der Waals surface area contributed by atoms with Crippen molar-refractivity contribution in [3.8, 4) is 33.8 Å². The van der Waals surface area contributed by atoms with Crippen LogP contribution in [0.5, 0.6) is 11.5 Å². The van der Waals surface area contributed by atoms with Gasteiger partial charge < -0.3 is 14.8 Å². The van der Waals surface area contributed by atoms with Gasteiger partial charge in [-0.3, -0.25) is 0 Å². The lowest BCUT2D eigenvalue weighted by Crippen LogP contribution is -2.35. The summed E-state index contributed by atoms with van der Waals surface area (Å²) in [6.07, 6.45) is 0.821. The Hall–Kier alpha value is -2.86. The highest BCUT2D eigenvalue weighted by molar-refractivity contribution is 9.09. The van der Waals surface area contributed by atoms with Crippen LogP contribution in [-0.4, -0.2) is 10.6 Å². The number of alkyl halides is 3. The van der Waals surface area contributed by atoms with Crippen molar-refractivity contribution in [1.82, 2.24) is 0 Å². The molecule has 0 saturated carbocycles. The van der Waals surface area contributed by atoms with Crippen LogP contribution in [0.15, 0.2) is 61.2 Å². The Balaban J connectivity index is 1.71. The predicted molar refractivity (Wildman–Crippen MR) is 128 cm³/mol. The van der Waals surface area contributed by atoms with Gasteiger partial charge in [-0.15, -0.1) is 0 Å². The fourth-order valence-electron chi connectivity index (χ4n) is 4.78. The molecule has 0 atom stereocenters. The van der Waals surface area contributed by atoms with Crippen molar-refractivity contribution in [3.05, 3.63) is 72.3 Å². The monoisotopic (exact) mass is 497 g/mol. The van der Waals surface area contributed by atoms with Crippen LogP contribution in [0.4, 0.5) is 14.5 Å². The molecule has 0 unspecified atom stereocenters. The first kappa shape index (κ1) is 21.0. The molecule has 0 amide bonds. The van der Waals surface area contributed by atoms with Gasteiger partial charge in [0.15, 0.2) is 0 Å². The van der Waals surface area contributed by atoms with Crippen LogP contribution in [0, 0.1) is 0 Å². The van der Waals surface area contributed by atoms with Crippen molar-refractivity contribution in [2.24, 2.45) is 0 Å². The number of nitrogens with one attached hydrogen (secondary N) is 1. The summed E-state index contributed by atoms with van der Waals surface area (Å²) in [5.41, 5.74) is 7.38. The molecular weight excluding hydrogens is 476 g/mol. The number of ether oxygens (including phenoxy) is 2. The lowest BCUT2D eigenvalue weighted by atomic mass is 9.80. The summed E-state index contributed by atoms with van der Waals surface area (Å²) in [5, 5.41) is 0.126. The number of fused-ring (bicyclic) bond motifs is 5. The average molecular weight is 498 g/mol.